The molecule has 0 heterocycles. The van der Waals surface area contributed by atoms with Crippen LogP contribution in [-0.2, 0) is 14.3 Å². The summed E-state index contributed by atoms with van der Waals surface area (Å²) in [5, 5.41) is 2.71. The maximum absolute atomic E-state index is 11.0. The van der Waals surface area contributed by atoms with Gasteiger partial charge in [-0.2, -0.15) is 0 Å². The van der Waals surface area contributed by atoms with Crippen molar-refractivity contribution in [3.63, 3.8) is 0 Å². The van der Waals surface area contributed by atoms with Crippen molar-refractivity contribution in [2.24, 2.45) is 5.73 Å². The third kappa shape index (κ3) is 11.0. The molecule has 0 aromatic carbocycles. The van der Waals surface area contributed by atoms with Crippen molar-refractivity contribution in [2.45, 2.75) is 19.3 Å². The Kier molecular flexibility index (Phi) is 11.2. The number of rotatable bonds is 11. The molecule has 3 N–H and O–H groups in total. The minimum atomic E-state index is -0.136. The second-order valence-corrected chi connectivity index (χ2v) is 3.29. The van der Waals surface area contributed by atoms with Crippen LogP contribution in [0.3, 0.4) is 0 Å². The highest BCUT2D eigenvalue weighted by Gasteiger charge is 1.98. The molecule has 0 aromatic heterocycles. The second kappa shape index (κ2) is 12.0. The lowest BCUT2D eigenvalue weighted by molar-refractivity contribution is -0.124. The fourth-order valence-corrected chi connectivity index (χ4v) is 1.04. The average Bonchev–Trinajstić information content (AvgIpc) is 2.30. The van der Waals surface area contributed by atoms with E-state index in [2.05, 4.69) is 11.9 Å². The summed E-state index contributed by atoms with van der Waals surface area (Å²) in [6.45, 7) is 6.09. The van der Waals surface area contributed by atoms with Gasteiger partial charge in [0.2, 0.25) is 0 Å². The molecule has 0 fully saturated rings. The molecule has 0 aliphatic heterocycles. The molecule has 0 atom stereocenters. The summed E-state index contributed by atoms with van der Waals surface area (Å²) in [4.78, 5) is 11.0. The molecule has 0 aromatic rings. The van der Waals surface area contributed by atoms with Crippen molar-refractivity contribution < 1.29 is 14.3 Å². The van der Waals surface area contributed by atoms with Crippen LogP contribution in [-0.4, -0.2) is 38.8 Å². The highest BCUT2D eigenvalue weighted by Crippen LogP contribution is 1.89. The molecule has 16 heavy (non-hydrogen) atoms. The summed E-state index contributed by atoms with van der Waals surface area (Å²) in [6.07, 6.45) is 4.05. The minimum Gasteiger partial charge on any atom is -0.492 e. The summed E-state index contributed by atoms with van der Waals surface area (Å²) in [5.41, 5.74) is 5.34. The zero-order chi connectivity index (χ0) is 12.1. The van der Waals surface area contributed by atoms with Gasteiger partial charge in [0.15, 0.2) is 6.61 Å². The number of nitrogens with one attached hydrogen (secondary N) is 1. The van der Waals surface area contributed by atoms with Gasteiger partial charge in [0, 0.05) is 19.8 Å². The van der Waals surface area contributed by atoms with E-state index in [-0.39, 0.29) is 12.5 Å². The topological polar surface area (TPSA) is 73.6 Å². The molecule has 0 spiro atoms. The molecule has 0 saturated carbocycles. The van der Waals surface area contributed by atoms with E-state index in [0.717, 1.165) is 25.9 Å². The number of ether oxygens (including phenoxy) is 2. The monoisotopic (exact) mass is 230 g/mol. The lowest BCUT2D eigenvalue weighted by atomic mass is 10.3. The first kappa shape index (κ1) is 14.9. The molecule has 0 radical (unpaired) electrons. The SMILES string of the molecule is C=COCC(=O)NCCCOCCCCN. The van der Waals surface area contributed by atoms with Gasteiger partial charge < -0.3 is 20.5 Å². The molecule has 0 aliphatic carbocycles. The van der Waals surface area contributed by atoms with E-state index < -0.39 is 0 Å². The second-order valence-electron chi connectivity index (χ2n) is 3.29. The molecular formula is C11H22N2O3. The van der Waals surface area contributed by atoms with Crippen LogP contribution in [0.15, 0.2) is 12.8 Å². The molecule has 1 amide bonds. The Morgan fingerprint density at radius 2 is 2.06 bits per heavy atom. The van der Waals surface area contributed by atoms with Crippen molar-refractivity contribution in [3.8, 4) is 0 Å². The molecule has 0 bridgehead atoms. The zero-order valence-corrected chi connectivity index (χ0v) is 9.74. The predicted octanol–water partition coefficient (Wildman–Crippen LogP) is 0.408. The van der Waals surface area contributed by atoms with Crippen LogP contribution in [0.4, 0.5) is 0 Å². The van der Waals surface area contributed by atoms with Gasteiger partial charge in [0.05, 0.1) is 6.26 Å². The average molecular weight is 230 g/mol. The van der Waals surface area contributed by atoms with Crippen molar-refractivity contribution in [1.29, 1.82) is 0 Å². The van der Waals surface area contributed by atoms with Crippen LogP contribution < -0.4 is 11.1 Å². The predicted molar refractivity (Wildman–Crippen MR) is 62.9 cm³/mol. The number of nitrogens with two attached hydrogens (primary N) is 1. The zero-order valence-electron chi connectivity index (χ0n) is 9.74. The largest absolute Gasteiger partial charge is 0.492 e. The fourth-order valence-electron chi connectivity index (χ4n) is 1.04. The van der Waals surface area contributed by atoms with E-state index in [1.807, 2.05) is 0 Å². The summed E-state index contributed by atoms with van der Waals surface area (Å²) >= 11 is 0. The molecule has 0 saturated heterocycles. The molecule has 5 heteroatoms. The fraction of sp³-hybridized carbons (Fsp3) is 0.727. The van der Waals surface area contributed by atoms with Gasteiger partial charge in [-0.25, -0.2) is 0 Å². The number of carbonyl (C=O) groups excluding carboxylic acids is 1. The lowest BCUT2D eigenvalue weighted by Gasteiger charge is -2.05. The third-order valence-corrected chi connectivity index (χ3v) is 1.86. The van der Waals surface area contributed by atoms with Gasteiger partial charge in [0.25, 0.3) is 5.91 Å². The lowest BCUT2D eigenvalue weighted by Crippen LogP contribution is -2.28. The van der Waals surface area contributed by atoms with E-state index in [0.29, 0.717) is 19.7 Å². The molecular weight excluding hydrogens is 208 g/mol. The first-order valence-electron chi connectivity index (χ1n) is 5.58. The Labute approximate surface area is 97.0 Å². The van der Waals surface area contributed by atoms with E-state index in [1.54, 1.807) is 0 Å². The summed E-state index contributed by atoms with van der Waals surface area (Å²) in [6, 6.07) is 0. The summed E-state index contributed by atoms with van der Waals surface area (Å²) < 4.78 is 10.1. The van der Waals surface area contributed by atoms with Crippen LogP contribution in [0.5, 0.6) is 0 Å². The first-order valence-corrected chi connectivity index (χ1v) is 5.58. The Morgan fingerprint density at radius 3 is 2.75 bits per heavy atom. The van der Waals surface area contributed by atoms with Crippen molar-refractivity contribution in [2.75, 3.05) is 32.9 Å². The quantitative estimate of drug-likeness (QED) is 0.398. The molecule has 0 rings (SSSR count). The number of hydrogen-bond acceptors (Lipinski definition) is 4. The van der Waals surface area contributed by atoms with Gasteiger partial charge >= 0.3 is 0 Å². The smallest absolute Gasteiger partial charge is 0.257 e. The number of hydrogen-bond donors (Lipinski definition) is 2. The Balaban J connectivity index is 3.08. The Hall–Kier alpha value is -1.07. The Bertz CT molecular complexity index is 186. The third-order valence-electron chi connectivity index (χ3n) is 1.86. The molecule has 5 nitrogen and oxygen atoms in total. The summed E-state index contributed by atoms with van der Waals surface area (Å²) in [7, 11) is 0. The molecule has 0 unspecified atom stereocenters. The van der Waals surface area contributed by atoms with Gasteiger partial charge in [-0.05, 0) is 25.8 Å². The normalized spacial score (nSPS) is 9.81. The minimum absolute atomic E-state index is 0.0286. The number of amides is 1. The van der Waals surface area contributed by atoms with Crippen LogP contribution >= 0.6 is 0 Å². The Morgan fingerprint density at radius 1 is 1.31 bits per heavy atom. The van der Waals surface area contributed by atoms with Crippen molar-refractivity contribution in [1.82, 2.24) is 5.32 Å². The van der Waals surface area contributed by atoms with Crippen LogP contribution in [0.1, 0.15) is 19.3 Å². The molecule has 0 aliphatic rings. The van der Waals surface area contributed by atoms with Gasteiger partial charge in [-0.3, -0.25) is 4.79 Å². The summed E-state index contributed by atoms with van der Waals surface area (Å²) in [5.74, 6) is -0.136. The van der Waals surface area contributed by atoms with Crippen LogP contribution in [0, 0.1) is 0 Å². The maximum Gasteiger partial charge on any atom is 0.257 e. The standard InChI is InChI=1S/C11H22N2O3/c1-2-15-10-11(14)13-7-5-9-16-8-4-3-6-12/h2H,1,3-10,12H2,(H,13,14). The van der Waals surface area contributed by atoms with Gasteiger partial charge in [0.1, 0.15) is 0 Å². The van der Waals surface area contributed by atoms with Gasteiger partial charge in [-0.1, -0.05) is 6.58 Å². The van der Waals surface area contributed by atoms with Crippen molar-refractivity contribution in [3.05, 3.63) is 12.8 Å². The van der Waals surface area contributed by atoms with Crippen LogP contribution in [0.2, 0.25) is 0 Å². The van der Waals surface area contributed by atoms with Crippen LogP contribution in [0.25, 0.3) is 0 Å². The van der Waals surface area contributed by atoms with E-state index >= 15 is 0 Å². The van der Waals surface area contributed by atoms with Gasteiger partial charge in [-0.15, -0.1) is 0 Å². The van der Waals surface area contributed by atoms with Crippen molar-refractivity contribution >= 4 is 5.91 Å². The number of unbranched alkanes of at least 4 members (excludes halogenated alkanes) is 1. The van der Waals surface area contributed by atoms with E-state index in [9.17, 15) is 4.79 Å². The van der Waals surface area contributed by atoms with E-state index in [4.69, 9.17) is 15.2 Å². The molecule has 94 valence electrons. The number of carbonyl (C=O) groups is 1. The first-order chi connectivity index (χ1) is 7.81. The highest BCUT2D eigenvalue weighted by atomic mass is 16.5. The van der Waals surface area contributed by atoms with E-state index in [1.165, 1.54) is 6.26 Å². The maximum atomic E-state index is 11.0. The highest BCUT2D eigenvalue weighted by molar-refractivity contribution is 5.77.